The van der Waals surface area contributed by atoms with Crippen molar-refractivity contribution in [3.8, 4) is 0 Å². The summed E-state index contributed by atoms with van der Waals surface area (Å²) in [4.78, 5) is 12.8. The highest BCUT2D eigenvalue weighted by Crippen LogP contribution is 2.25. The van der Waals surface area contributed by atoms with Gasteiger partial charge in [0.15, 0.2) is 0 Å². The van der Waals surface area contributed by atoms with Gasteiger partial charge in [0.05, 0.1) is 11.7 Å². The van der Waals surface area contributed by atoms with E-state index in [1.165, 1.54) is 12.4 Å². The van der Waals surface area contributed by atoms with E-state index in [2.05, 4.69) is 39.1 Å². The average Bonchev–Trinajstić information content (AvgIpc) is 3.29. The molecule has 3 N–H and O–H groups in total. The summed E-state index contributed by atoms with van der Waals surface area (Å²) < 4.78 is 36.5. The molecule has 0 spiro atoms. The highest BCUT2D eigenvalue weighted by Gasteiger charge is 2.19. The van der Waals surface area contributed by atoms with E-state index in [4.69, 9.17) is 0 Å². The van der Waals surface area contributed by atoms with Crippen molar-refractivity contribution in [2.24, 2.45) is 0 Å². The van der Waals surface area contributed by atoms with Gasteiger partial charge in [0, 0.05) is 23.6 Å². The summed E-state index contributed by atoms with van der Waals surface area (Å²) in [5.41, 5.74) is 3.13. The van der Waals surface area contributed by atoms with Crippen molar-refractivity contribution in [1.82, 2.24) is 23.7 Å². The molecule has 34 heavy (non-hydrogen) atoms. The normalized spacial score (nSPS) is 11.3. The van der Waals surface area contributed by atoms with Crippen LogP contribution in [0.1, 0.15) is 5.56 Å². The molecule has 0 bridgehead atoms. The van der Waals surface area contributed by atoms with Crippen LogP contribution in [-0.2, 0) is 10.0 Å². The summed E-state index contributed by atoms with van der Waals surface area (Å²) >= 11 is 0.975. The summed E-state index contributed by atoms with van der Waals surface area (Å²) in [5, 5.41) is 6.32. The Morgan fingerprint density at radius 2 is 1.53 bits per heavy atom. The molecule has 0 aliphatic carbocycles. The van der Waals surface area contributed by atoms with Crippen LogP contribution in [-0.4, -0.2) is 32.1 Å². The molecule has 10 nitrogen and oxygen atoms in total. The van der Waals surface area contributed by atoms with E-state index < -0.39 is 10.0 Å². The second-order valence-electron chi connectivity index (χ2n) is 7.33. The van der Waals surface area contributed by atoms with Crippen LogP contribution in [0.15, 0.2) is 78.1 Å². The minimum Gasteiger partial charge on any atom is -0.340 e. The van der Waals surface area contributed by atoms with E-state index in [-0.39, 0.29) is 4.90 Å². The van der Waals surface area contributed by atoms with Crippen molar-refractivity contribution in [2.75, 3.05) is 15.4 Å². The predicted octanol–water partition coefficient (Wildman–Crippen LogP) is 4.47. The average molecular weight is 491 g/mol. The van der Waals surface area contributed by atoms with Gasteiger partial charge in [-0.15, -0.1) is 0 Å². The third-order valence-corrected chi connectivity index (χ3v) is 6.74. The molecule has 3 heterocycles. The number of pyridine rings is 1. The zero-order chi connectivity index (χ0) is 23.5. The van der Waals surface area contributed by atoms with Gasteiger partial charge in [0.1, 0.15) is 39.7 Å². The molecule has 5 rings (SSSR count). The Labute approximate surface area is 199 Å². The number of aromatic nitrogens is 5. The van der Waals surface area contributed by atoms with E-state index in [9.17, 15) is 8.42 Å². The van der Waals surface area contributed by atoms with E-state index in [0.717, 1.165) is 23.0 Å². The van der Waals surface area contributed by atoms with Gasteiger partial charge in [0.25, 0.3) is 10.0 Å². The lowest BCUT2D eigenvalue weighted by Gasteiger charge is -2.11. The number of nitrogens with zero attached hydrogens (tertiary/aromatic N) is 5. The van der Waals surface area contributed by atoms with Crippen LogP contribution in [0, 0.1) is 6.92 Å². The van der Waals surface area contributed by atoms with Gasteiger partial charge in [-0.3, -0.25) is 4.72 Å². The van der Waals surface area contributed by atoms with Crippen molar-refractivity contribution < 1.29 is 8.42 Å². The number of anilines is 5. The van der Waals surface area contributed by atoms with E-state index >= 15 is 0 Å². The summed E-state index contributed by atoms with van der Waals surface area (Å²) in [6, 6.07) is 17.3. The highest BCUT2D eigenvalue weighted by molar-refractivity contribution is 7.93. The van der Waals surface area contributed by atoms with E-state index in [1.54, 1.807) is 48.7 Å². The molecule has 0 amide bonds. The number of nitrogens with one attached hydrogen (secondary N) is 3. The molecule has 0 atom stereocenters. The summed E-state index contributed by atoms with van der Waals surface area (Å²) in [6.45, 7) is 1.99. The molecule has 0 radical (unpaired) electrons. The summed E-state index contributed by atoms with van der Waals surface area (Å²) in [5.74, 6) is 1.84. The molecule has 0 aliphatic heterocycles. The SMILES string of the molecule is Cc1ccnc(Nc2cc(Nc3ccc(NS(=O)(=O)c4cccc5nsnc45)cc3)ncn2)c1. The molecule has 5 aromatic rings. The number of hydrogen-bond acceptors (Lipinski definition) is 10. The number of hydrogen-bond donors (Lipinski definition) is 3. The predicted molar refractivity (Wildman–Crippen MR) is 132 cm³/mol. The Balaban J connectivity index is 1.29. The summed E-state index contributed by atoms with van der Waals surface area (Å²) in [7, 11) is -3.82. The minimum absolute atomic E-state index is 0.0880. The van der Waals surface area contributed by atoms with Crippen molar-refractivity contribution in [3.63, 3.8) is 0 Å². The zero-order valence-electron chi connectivity index (χ0n) is 17.8. The van der Waals surface area contributed by atoms with Gasteiger partial charge in [-0.25, -0.2) is 23.4 Å². The van der Waals surface area contributed by atoms with Gasteiger partial charge in [-0.1, -0.05) is 6.07 Å². The third kappa shape index (κ3) is 4.77. The Bertz CT molecular complexity index is 1570. The monoisotopic (exact) mass is 490 g/mol. The molecular formula is C22H18N8O2S2. The maximum atomic E-state index is 12.9. The summed E-state index contributed by atoms with van der Waals surface area (Å²) in [6.07, 6.45) is 3.17. The lowest BCUT2D eigenvalue weighted by atomic mass is 10.3. The highest BCUT2D eigenvalue weighted by atomic mass is 32.2. The Hall–Kier alpha value is -4.16. The minimum atomic E-state index is -3.82. The molecule has 12 heteroatoms. The van der Waals surface area contributed by atoms with E-state index in [0.29, 0.717) is 34.2 Å². The van der Waals surface area contributed by atoms with Gasteiger partial charge >= 0.3 is 0 Å². The number of aryl methyl sites for hydroxylation is 1. The fraction of sp³-hybridized carbons (Fsp3) is 0.0455. The fourth-order valence-corrected chi connectivity index (χ4v) is 5.03. The maximum absolute atomic E-state index is 12.9. The Kier molecular flexibility index (Phi) is 5.74. The van der Waals surface area contributed by atoms with Gasteiger partial charge in [-0.05, 0) is 61.0 Å². The topological polar surface area (TPSA) is 135 Å². The largest absolute Gasteiger partial charge is 0.340 e. The number of sulfonamides is 1. The first-order valence-electron chi connectivity index (χ1n) is 10.1. The molecule has 170 valence electrons. The van der Waals surface area contributed by atoms with Crippen LogP contribution < -0.4 is 15.4 Å². The Morgan fingerprint density at radius 3 is 2.32 bits per heavy atom. The second kappa shape index (κ2) is 9.00. The molecule has 0 saturated carbocycles. The van der Waals surface area contributed by atoms with Crippen molar-refractivity contribution in [2.45, 2.75) is 11.8 Å². The Morgan fingerprint density at radius 1 is 0.794 bits per heavy atom. The molecule has 3 aromatic heterocycles. The lowest BCUT2D eigenvalue weighted by molar-refractivity contribution is 0.602. The van der Waals surface area contributed by atoms with Crippen molar-refractivity contribution >= 4 is 61.6 Å². The lowest BCUT2D eigenvalue weighted by Crippen LogP contribution is -2.13. The zero-order valence-corrected chi connectivity index (χ0v) is 19.4. The van der Waals surface area contributed by atoms with Gasteiger partial charge in [0.2, 0.25) is 0 Å². The third-order valence-electron chi connectivity index (χ3n) is 4.79. The van der Waals surface area contributed by atoms with Crippen molar-refractivity contribution in [3.05, 3.63) is 78.8 Å². The quantitative estimate of drug-likeness (QED) is 0.302. The molecule has 0 fully saturated rings. The number of rotatable bonds is 7. The van der Waals surface area contributed by atoms with Gasteiger partial charge in [-0.2, -0.15) is 8.75 Å². The number of benzene rings is 2. The van der Waals surface area contributed by atoms with Crippen LogP contribution in [0.4, 0.5) is 28.8 Å². The van der Waals surface area contributed by atoms with Crippen LogP contribution in [0.25, 0.3) is 11.0 Å². The molecule has 0 unspecified atom stereocenters. The smallest absolute Gasteiger partial charge is 0.264 e. The van der Waals surface area contributed by atoms with Gasteiger partial charge < -0.3 is 10.6 Å². The molecule has 2 aromatic carbocycles. The van der Waals surface area contributed by atoms with Crippen molar-refractivity contribution in [1.29, 1.82) is 0 Å². The second-order valence-corrected chi connectivity index (χ2v) is 9.51. The van der Waals surface area contributed by atoms with Crippen LogP contribution in [0.2, 0.25) is 0 Å². The molecular weight excluding hydrogens is 472 g/mol. The standard InChI is InChI=1S/C22H18N8O2S2/c1-14-9-10-23-19(11-14)27-21-12-20(24-13-25-21)26-15-5-7-16(8-6-15)30-34(31,32)18-4-2-3-17-22(18)29-33-28-17/h2-13,30H,1H3,(H2,23,24,25,26,27). The maximum Gasteiger partial charge on any atom is 0.264 e. The first-order valence-corrected chi connectivity index (χ1v) is 12.3. The first-order chi connectivity index (χ1) is 16.5. The molecule has 0 aliphatic rings. The number of fused-ring (bicyclic) bond motifs is 1. The van der Waals surface area contributed by atoms with Crippen LogP contribution in [0.3, 0.4) is 0 Å². The fourth-order valence-electron chi connectivity index (χ4n) is 3.21. The molecule has 0 saturated heterocycles. The van der Waals surface area contributed by atoms with Crippen LogP contribution >= 0.6 is 11.7 Å². The first kappa shape index (κ1) is 21.7. The van der Waals surface area contributed by atoms with Crippen LogP contribution in [0.5, 0.6) is 0 Å². The van der Waals surface area contributed by atoms with E-state index in [1.807, 2.05) is 19.1 Å².